The Bertz CT molecular complexity index is 302. The van der Waals surface area contributed by atoms with Crippen LogP contribution < -0.4 is 10.5 Å². The summed E-state index contributed by atoms with van der Waals surface area (Å²) in [7, 11) is 0. The Morgan fingerprint density at radius 1 is 1.43 bits per heavy atom. The molecule has 1 rings (SSSR count). The monoisotopic (exact) mass is 194 g/mol. The maximum atomic E-state index is 5.81. The fourth-order valence-corrected chi connectivity index (χ4v) is 1.16. The first-order valence-electron chi connectivity index (χ1n) is 4.78. The van der Waals surface area contributed by atoms with Gasteiger partial charge < -0.3 is 10.5 Å². The Morgan fingerprint density at radius 2 is 2.07 bits per heavy atom. The molecule has 1 unspecified atom stereocenters. The minimum Gasteiger partial charge on any atom is -0.488 e. The number of aromatic nitrogens is 1. The minimum absolute atomic E-state index is 0.0546. The Morgan fingerprint density at radius 3 is 2.57 bits per heavy atom. The lowest BCUT2D eigenvalue weighted by atomic mass is 10.1. The van der Waals surface area contributed by atoms with E-state index >= 15 is 0 Å². The highest BCUT2D eigenvalue weighted by Crippen LogP contribution is 2.25. The van der Waals surface area contributed by atoms with E-state index in [-0.39, 0.29) is 11.6 Å². The lowest BCUT2D eigenvalue weighted by Crippen LogP contribution is -2.24. The summed E-state index contributed by atoms with van der Waals surface area (Å²) < 4.78 is 5.77. The normalized spacial score (nSPS) is 13.8. The van der Waals surface area contributed by atoms with Crippen LogP contribution in [0.25, 0.3) is 0 Å². The van der Waals surface area contributed by atoms with Gasteiger partial charge in [-0.15, -0.1) is 0 Å². The number of hydrogen-bond acceptors (Lipinski definition) is 3. The van der Waals surface area contributed by atoms with Gasteiger partial charge in [0.25, 0.3) is 0 Å². The highest BCUT2D eigenvalue weighted by Gasteiger charge is 2.15. The predicted molar refractivity (Wildman–Crippen MR) is 57.2 cm³/mol. The van der Waals surface area contributed by atoms with Gasteiger partial charge in [0.05, 0.1) is 0 Å². The standard InChI is InChI=1S/C11H18N2O/c1-8(12)9-7-13-6-5-10(9)14-11(2,3)4/h5-8H,12H2,1-4H3. The first kappa shape index (κ1) is 11.0. The number of ether oxygens (including phenoxy) is 1. The molecule has 1 aromatic rings. The smallest absolute Gasteiger partial charge is 0.127 e. The molecule has 3 nitrogen and oxygen atoms in total. The zero-order valence-corrected chi connectivity index (χ0v) is 9.24. The van der Waals surface area contributed by atoms with Crippen LogP contribution in [0.1, 0.15) is 39.3 Å². The molecular weight excluding hydrogens is 176 g/mol. The Kier molecular flexibility index (Phi) is 3.11. The summed E-state index contributed by atoms with van der Waals surface area (Å²) in [6.45, 7) is 7.96. The van der Waals surface area contributed by atoms with Gasteiger partial charge >= 0.3 is 0 Å². The van der Waals surface area contributed by atoms with Gasteiger partial charge in [0.1, 0.15) is 11.4 Å². The van der Waals surface area contributed by atoms with Crippen molar-refractivity contribution in [2.24, 2.45) is 5.73 Å². The van der Waals surface area contributed by atoms with Gasteiger partial charge in [-0.05, 0) is 33.8 Å². The van der Waals surface area contributed by atoms with E-state index in [1.54, 1.807) is 12.4 Å². The maximum absolute atomic E-state index is 5.81. The van der Waals surface area contributed by atoms with Crippen LogP contribution in [0.3, 0.4) is 0 Å². The summed E-state index contributed by atoms with van der Waals surface area (Å²) >= 11 is 0. The van der Waals surface area contributed by atoms with Gasteiger partial charge in [-0.3, -0.25) is 4.98 Å². The summed E-state index contributed by atoms with van der Waals surface area (Å²) in [5.74, 6) is 0.822. The van der Waals surface area contributed by atoms with E-state index < -0.39 is 0 Å². The van der Waals surface area contributed by atoms with Crippen molar-refractivity contribution in [2.45, 2.75) is 39.3 Å². The van der Waals surface area contributed by atoms with Crippen molar-refractivity contribution >= 4 is 0 Å². The van der Waals surface area contributed by atoms with E-state index in [0.717, 1.165) is 11.3 Å². The lowest BCUT2D eigenvalue weighted by Gasteiger charge is -2.23. The van der Waals surface area contributed by atoms with Crippen LogP contribution in [0.2, 0.25) is 0 Å². The Hall–Kier alpha value is -1.09. The molecule has 0 aliphatic heterocycles. The first-order valence-corrected chi connectivity index (χ1v) is 4.78. The maximum Gasteiger partial charge on any atom is 0.127 e. The van der Waals surface area contributed by atoms with Crippen LogP contribution in [0.5, 0.6) is 5.75 Å². The van der Waals surface area contributed by atoms with Crippen LogP contribution in [0, 0.1) is 0 Å². The molecule has 0 saturated carbocycles. The Balaban J connectivity index is 2.96. The average Bonchev–Trinajstić information content (AvgIpc) is 2.01. The minimum atomic E-state index is -0.203. The number of nitrogens with zero attached hydrogens (tertiary/aromatic N) is 1. The molecule has 0 aliphatic carbocycles. The number of hydrogen-bond donors (Lipinski definition) is 1. The molecule has 0 amide bonds. The molecule has 78 valence electrons. The van der Waals surface area contributed by atoms with Crippen LogP contribution in [0.4, 0.5) is 0 Å². The van der Waals surface area contributed by atoms with Crippen molar-refractivity contribution in [3.8, 4) is 5.75 Å². The number of nitrogens with two attached hydrogens (primary N) is 1. The zero-order chi connectivity index (χ0) is 10.8. The zero-order valence-electron chi connectivity index (χ0n) is 9.24. The van der Waals surface area contributed by atoms with E-state index in [0.29, 0.717) is 0 Å². The molecule has 1 atom stereocenters. The molecule has 0 spiro atoms. The topological polar surface area (TPSA) is 48.1 Å². The van der Waals surface area contributed by atoms with Gasteiger partial charge in [0.15, 0.2) is 0 Å². The summed E-state index contributed by atoms with van der Waals surface area (Å²) in [5.41, 5.74) is 6.56. The second-order valence-corrected chi connectivity index (χ2v) is 4.42. The third-order valence-electron chi connectivity index (χ3n) is 1.72. The van der Waals surface area contributed by atoms with Crippen molar-refractivity contribution in [1.29, 1.82) is 0 Å². The molecule has 0 bridgehead atoms. The van der Waals surface area contributed by atoms with Crippen LogP contribution >= 0.6 is 0 Å². The van der Waals surface area contributed by atoms with Crippen LogP contribution in [-0.2, 0) is 0 Å². The largest absolute Gasteiger partial charge is 0.488 e. The predicted octanol–water partition coefficient (Wildman–Crippen LogP) is 2.28. The molecule has 1 aromatic heterocycles. The second-order valence-electron chi connectivity index (χ2n) is 4.42. The molecular formula is C11H18N2O. The summed E-state index contributed by atoms with van der Waals surface area (Å²) in [4.78, 5) is 4.04. The molecule has 0 aliphatic rings. The van der Waals surface area contributed by atoms with E-state index in [4.69, 9.17) is 10.5 Å². The number of pyridine rings is 1. The fourth-order valence-electron chi connectivity index (χ4n) is 1.16. The highest BCUT2D eigenvalue weighted by atomic mass is 16.5. The third-order valence-corrected chi connectivity index (χ3v) is 1.72. The molecule has 0 saturated heterocycles. The van der Waals surface area contributed by atoms with Gasteiger partial charge in [-0.1, -0.05) is 0 Å². The molecule has 14 heavy (non-hydrogen) atoms. The van der Waals surface area contributed by atoms with Crippen molar-refractivity contribution in [3.05, 3.63) is 24.0 Å². The van der Waals surface area contributed by atoms with E-state index in [9.17, 15) is 0 Å². The van der Waals surface area contributed by atoms with E-state index in [1.165, 1.54) is 0 Å². The quantitative estimate of drug-likeness (QED) is 0.785. The van der Waals surface area contributed by atoms with Crippen molar-refractivity contribution in [3.63, 3.8) is 0 Å². The Labute approximate surface area is 85.3 Å². The van der Waals surface area contributed by atoms with Crippen molar-refractivity contribution in [2.75, 3.05) is 0 Å². The van der Waals surface area contributed by atoms with Gasteiger partial charge in [-0.2, -0.15) is 0 Å². The molecule has 1 heterocycles. The lowest BCUT2D eigenvalue weighted by molar-refractivity contribution is 0.128. The van der Waals surface area contributed by atoms with Gasteiger partial charge in [0, 0.05) is 24.0 Å². The summed E-state index contributed by atoms with van der Waals surface area (Å²) in [6.07, 6.45) is 3.47. The fraction of sp³-hybridized carbons (Fsp3) is 0.545. The molecule has 2 N–H and O–H groups in total. The van der Waals surface area contributed by atoms with Gasteiger partial charge in [-0.25, -0.2) is 0 Å². The van der Waals surface area contributed by atoms with Gasteiger partial charge in [0.2, 0.25) is 0 Å². The highest BCUT2D eigenvalue weighted by molar-refractivity contribution is 5.32. The van der Waals surface area contributed by atoms with Crippen LogP contribution in [0.15, 0.2) is 18.5 Å². The SMILES string of the molecule is CC(N)c1cnccc1OC(C)(C)C. The third kappa shape index (κ3) is 3.00. The molecule has 0 radical (unpaired) electrons. The molecule has 0 fully saturated rings. The second kappa shape index (κ2) is 3.96. The summed E-state index contributed by atoms with van der Waals surface area (Å²) in [5, 5.41) is 0. The molecule has 0 aromatic carbocycles. The average molecular weight is 194 g/mol. The van der Waals surface area contributed by atoms with Crippen molar-refractivity contribution in [1.82, 2.24) is 4.98 Å². The van der Waals surface area contributed by atoms with Crippen LogP contribution in [-0.4, -0.2) is 10.6 Å². The summed E-state index contributed by atoms with van der Waals surface area (Å²) in [6, 6.07) is 1.80. The molecule has 3 heteroatoms. The number of rotatable bonds is 2. The van der Waals surface area contributed by atoms with E-state index in [2.05, 4.69) is 4.98 Å². The van der Waals surface area contributed by atoms with Crippen molar-refractivity contribution < 1.29 is 4.74 Å². The van der Waals surface area contributed by atoms with E-state index in [1.807, 2.05) is 33.8 Å². The first-order chi connectivity index (χ1) is 6.40.